The van der Waals surface area contributed by atoms with E-state index in [4.69, 9.17) is 0 Å². The van der Waals surface area contributed by atoms with E-state index in [1.54, 1.807) is 6.92 Å². The first-order chi connectivity index (χ1) is 7.74. The van der Waals surface area contributed by atoms with Crippen molar-refractivity contribution in [1.82, 2.24) is 5.32 Å². The fourth-order valence-corrected chi connectivity index (χ4v) is 1.56. The molecule has 2 heteroatoms. The van der Waals surface area contributed by atoms with Gasteiger partial charge in [0.15, 0.2) is 0 Å². The fraction of sp³-hybridized carbons (Fsp3) is 0.357. The summed E-state index contributed by atoms with van der Waals surface area (Å²) < 4.78 is 0. The van der Waals surface area contributed by atoms with Crippen LogP contribution in [0.3, 0.4) is 0 Å². The van der Waals surface area contributed by atoms with Gasteiger partial charge in [-0.05, 0) is 38.1 Å². The van der Waals surface area contributed by atoms with Gasteiger partial charge in [0.1, 0.15) is 5.78 Å². The van der Waals surface area contributed by atoms with Crippen LogP contribution >= 0.6 is 0 Å². The second-order valence-corrected chi connectivity index (χ2v) is 3.87. The van der Waals surface area contributed by atoms with Gasteiger partial charge < -0.3 is 5.32 Å². The van der Waals surface area contributed by atoms with Crippen LogP contribution in [0, 0.1) is 0 Å². The molecule has 0 radical (unpaired) electrons. The van der Waals surface area contributed by atoms with E-state index in [0.29, 0.717) is 6.42 Å². The van der Waals surface area contributed by atoms with Crippen LogP contribution in [0.2, 0.25) is 0 Å². The Morgan fingerprint density at radius 1 is 1.38 bits per heavy atom. The minimum Gasteiger partial charge on any atom is -0.319 e. The van der Waals surface area contributed by atoms with Crippen LogP contribution in [0.25, 0.3) is 6.08 Å². The van der Waals surface area contributed by atoms with Gasteiger partial charge in [-0.15, -0.1) is 0 Å². The molecule has 2 nitrogen and oxygen atoms in total. The maximum Gasteiger partial charge on any atom is 0.134 e. The number of rotatable bonds is 6. The minimum atomic E-state index is 0.205. The average Bonchev–Trinajstić information content (AvgIpc) is 2.26. The van der Waals surface area contributed by atoms with E-state index in [2.05, 4.69) is 17.5 Å². The van der Waals surface area contributed by atoms with E-state index in [1.165, 1.54) is 0 Å². The fourth-order valence-electron chi connectivity index (χ4n) is 1.56. The molecule has 1 N–H and O–H groups in total. The molecule has 86 valence electrons. The van der Waals surface area contributed by atoms with Crippen molar-refractivity contribution < 1.29 is 4.79 Å². The van der Waals surface area contributed by atoms with Crippen molar-refractivity contribution in [2.24, 2.45) is 0 Å². The van der Waals surface area contributed by atoms with Crippen molar-refractivity contribution in [3.8, 4) is 0 Å². The lowest BCUT2D eigenvalue weighted by atomic mass is 10.0. The molecule has 0 unspecified atom stereocenters. The molecule has 0 saturated heterocycles. The Balaban J connectivity index is 2.70. The zero-order valence-electron chi connectivity index (χ0n) is 9.99. The second-order valence-electron chi connectivity index (χ2n) is 3.87. The van der Waals surface area contributed by atoms with E-state index < -0.39 is 0 Å². The van der Waals surface area contributed by atoms with Gasteiger partial charge >= 0.3 is 0 Å². The van der Waals surface area contributed by atoms with Crippen molar-refractivity contribution >= 4 is 11.9 Å². The van der Waals surface area contributed by atoms with Gasteiger partial charge in [0.25, 0.3) is 0 Å². The molecule has 0 aliphatic rings. The highest BCUT2D eigenvalue weighted by Crippen LogP contribution is 2.12. The van der Waals surface area contributed by atoms with Crippen LogP contribution in [-0.4, -0.2) is 19.4 Å². The summed E-state index contributed by atoms with van der Waals surface area (Å²) in [5, 5.41) is 3.10. The summed E-state index contributed by atoms with van der Waals surface area (Å²) in [6.07, 6.45) is 5.75. The quantitative estimate of drug-likeness (QED) is 0.741. The summed E-state index contributed by atoms with van der Waals surface area (Å²) in [5.74, 6) is 0.205. The Labute approximate surface area is 97.4 Å². The number of Topliss-reactive ketones (excluding diaryl/α,β-unsaturated/α-hetero) is 1. The van der Waals surface area contributed by atoms with Crippen molar-refractivity contribution in [2.75, 3.05) is 13.6 Å². The first-order valence-electron chi connectivity index (χ1n) is 5.62. The van der Waals surface area contributed by atoms with Crippen molar-refractivity contribution in [2.45, 2.75) is 19.8 Å². The molecule has 0 aliphatic heterocycles. The summed E-state index contributed by atoms with van der Waals surface area (Å²) in [6.45, 7) is 2.60. The lowest BCUT2D eigenvalue weighted by Crippen LogP contribution is -2.05. The number of benzene rings is 1. The van der Waals surface area contributed by atoms with Crippen LogP contribution in [-0.2, 0) is 11.2 Å². The molecule has 0 fully saturated rings. The smallest absolute Gasteiger partial charge is 0.134 e. The van der Waals surface area contributed by atoms with E-state index in [9.17, 15) is 4.79 Å². The third-order valence-electron chi connectivity index (χ3n) is 2.35. The molecule has 1 aromatic rings. The van der Waals surface area contributed by atoms with Gasteiger partial charge in [-0.3, -0.25) is 4.79 Å². The highest BCUT2D eigenvalue weighted by molar-refractivity contribution is 5.79. The standard InChI is InChI=1S/C14H19NO/c1-12(16)11-14-9-4-3-7-13(14)8-5-6-10-15-2/h3-5,7-9,15H,6,10-11H2,1-2H3. The number of carbonyl (C=O) groups excluding carboxylic acids is 1. The van der Waals surface area contributed by atoms with E-state index in [-0.39, 0.29) is 5.78 Å². The molecule has 0 spiro atoms. The minimum absolute atomic E-state index is 0.205. The summed E-state index contributed by atoms with van der Waals surface area (Å²) in [7, 11) is 1.94. The predicted molar refractivity (Wildman–Crippen MR) is 68.4 cm³/mol. The van der Waals surface area contributed by atoms with Gasteiger partial charge in [0, 0.05) is 6.42 Å². The SMILES string of the molecule is CNCCC=Cc1ccccc1CC(C)=O. The molecule has 0 heterocycles. The molecule has 0 aliphatic carbocycles. The Bertz CT molecular complexity index is 369. The monoisotopic (exact) mass is 217 g/mol. The van der Waals surface area contributed by atoms with Gasteiger partial charge in [-0.25, -0.2) is 0 Å². The first-order valence-corrected chi connectivity index (χ1v) is 5.62. The first kappa shape index (κ1) is 12.7. The molecule has 0 bridgehead atoms. The number of hydrogen-bond acceptors (Lipinski definition) is 2. The lowest BCUT2D eigenvalue weighted by molar-refractivity contribution is -0.116. The van der Waals surface area contributed by atoms with Crippen molar-refractivity contribution in [3.63, 3.8) is 0 Å². The van der Waals surface area contributed by atoms with E-state index >= 15 is 0 Å². The van der Waals surface area contributed by atoms with Gasteiger partial charge in [0.05, 0.1) is 0 Å². The normalized spacial score (nSPS) is 10.9. The number of hydrogen-bond donors (Lipinski definition) is 1. The maximum absolute atomic E-state index is 11.1. The Morgan fingerprint density at radius 3 is 2.81 bits per heavy atom. The Morgan fingerprint density at radius 2 is 2.12 bits per heavy atom. The van der Waals surface area contributed by atoms with Crippen molar-refractivity contribution in [1.29, 1.82) is 0 Å². The predicted octanol–water partition coefficient (Wildman–Crippen LogP) is 2.44. The Hall–Kier alpha value is -1.41. The molecule has 0 saturated carbocycles. The molecule has 0 atom stereocenters. The molecule has 0 aromatic heterocycles. The molecular formula is C14H19NO. The molecular weight excluding hydrogens is 198 g/mol. The van der Waals surface area contributed by atoms with Crippen LogP contribution < -0.4 is 5.32 Å². The largest absolute Gasteiger partial charge is 0.319 e. The third kappa shape index (κ3) is 4.41. The number of carbonyl (C=O) groups is 1. The number of nitrogens with one attached hydrogen (secondary N) is 1. The molecule has 1 aromatic carbocycles. The summed E-state index contributed by atoms with van der Waals surface area (Å²) >= 11 is 0. The van der Waals surface area contributed by atoms with Crippen molar-refractivity contribution in [3.05, 3.63) is 41.5 Å². The highest BCUT2D eigenvalue weighted by atomic mass is 16.1. The lowest BCUT2D eigenvalue weighted by Gasteiger charge is -2.03. The highest BCUT2D eigenvalue weighted by Gasteiger charge is 2.01. The Kier molecular flexibility index (Phi) is 5.51. The summed E-state index contributed by atoms with van der Waals surface area (Å²) in [6, 6.07) is 8.04. The maximum atomic E-state index is 11.1. The van der Waals surface area contributed by atoms with Crippen LogP contribution in [0.1, 0.15) is 24.5 Å². The molecule has 16 heavy (non-hydrogen) atoms. The summed E-state index contributed by atoms with van der Waals surface area (Å²) in [4.78, 5) is 11.1. The topological polar surface area (TPSA) is 29.1 Å². The third-order valence-corrected chi connectivity index (χ3v) is 2.35. The molecule has 1 rings (SSSR count). The average molecular weight is 217 g/mol. The zero-order valence-corrected chi connectivity index (χ0v) is 9.99. The van der Waals surface area contributed by atoms with Gasteiger partial charge in [-0.1, -0.05) is 36.4 Å². The van der Waals surface area contributed by atoms with Gasteiger partial charge in [0.2, 0.25) is 0 Å². The van der Waals surface area contributed by atoms with Crippen LogP contribution in [0.5, 0.6) is 0 Å². The van der Waals surface area contributed by atoms with Crippen LogP contribution in [0.15, 0.2) is 30.3 Å². The van der Waals surface area contributed by atoms with E-state index in [1.807, 2.05) is 31.3 Å². The number of ketones is 1. The summed E-state index contributed by atoms with van der Waals surface area (Å²) in [5.41, 5.74) is 2.25. The van der Waals surface area contributed by atoms with Crippen LogP contribution in [0.4, 0.5) is 0 Å². The second kappa shape index (κ2) is 6.96. The zero-order chi connectivity index (χ0) is 11.8. The van der Waals surface area contributed by atoms with E-state index in [0.717, 1.165) is 24.1 Å². The molecule has 0 amide bonds. The van der Waals surface area contributed by atoms with Gasteiger partial charge in [-0.2, -0.15) is 0 Å².